The lowest BCUT2D eigenvalue weighted by Gasteiger charge is -2.37. The topological polar surface area (TPSA) is 143 Å². The molecule has 5 N–H and O–H groups in total. The third kappa shape index (κ3) is 6.46. The Labute approximate surface area is 209 Å². The van der Waals surface area contributed by atoms with E-state index < -0.39 is 10.0 Å². The molecule has 1 aliphatic rings. The van der Waals surface area contributed by atoms with Crippen LogP contribution in [0.15, 0.2) is 72.0 Å². The summed E-state index contributed by atoms with van der Waals surface area (Å²) >= 11 is 0. The second kappa shape index (κ2) is 11.2. The monoisotopic (exact) mass is 501 g/mol. The summed E-state index contributed by atoms with van der Waals surface area (Å²) in [4.78, 5) is 24.7. The molecule has 190 valence electrons. The van der Waals surface area contributed by atoms with E-state index in [1.54, 1.807) is 24.3 Å². The molecule has 0 aliphatic carbocycles. The van der Waals surface area contributed by atoms with Crippen molar-refractivity contribution in [3.63, 3.8) is 0 Å². The molecule has 0 saturated carbocycles. The molecule has 1 saturated heterocycles. The van der Waals surface area contributed by atoms with Crippen LogP contribution in [0.4, 0.5) is 17.2 Å². The zero-order valence-electron chi connectivity index (χ0n) is 19.9. The summed E-state index contributed by atoms with van der Waals surface area (Å²) in [5.41, 5.74) is 2.99. The molecule has 0 spiro atoms. The van der Waals surface area contributed by atoms with Gasteiger partial charge in [0.2, 0.25) is 5.91 Å². The van der Waals surface area contributed by atoms with Crippen molar-refractivity contribution in [1.82, 2.24) is 21.0 Å². The zero-order valence-corrected chi connectivity index (χ0v) is 20.7. The van der Waals surface area contributed by atoms with Crippen LogP contribution in [0.5, 0.6) is 0 Å². The largest absolute Gasteiger partial charge is 0.374 e. The maximum atomic E-state index is 12.9. The highest BCUT2D eigenvalue weighted by atomic mass is 32.2. The van der Waals surface area contributed by atoms with E-state index in [2.05, 4.69) is 24.9 Å². The van der Waals surface area contributed by atoms with Crippen molar-refractivity contribution in [2.75, 3.05) is 41.1 Å². The number of carbonyl (C=O) groups is 1. The van der Waals surface area contributed by atoms with Crippen LogP contribution in [0.25, 0.3) is 0 Å². The normalized spacial score (nSPS) is 14.6. The lowest BCUT2D eigenvalue weighted by Crippen LogP contribution is -2.52. The van der Waals surface area contributed by atoms with E-state index in [0.29, 0.717) is 26.2 Å². The van der Waals surface area contributed by atoms with Gasteiger partial charge in [-0.25, -0.2) is 18.4 Å². The number of rotatable bonds is 7. The number of aromatic nitrogens is 2. The molecule has 10 nitrogen and oxygen atoms in total. The van der Waals surface area contributed by atoms with Crippen molar-refractivity contribution in [2.24, 2.45) is 0 Å². The van der Waals surface area contributed by atoms with Crippen molar-refractivity contribution >= 4 is 33.1 Å². The highest BCUT2D eigenvalue weighted by molar-refractivity contribution is 7.92. The van der Waals surface area contributed by atoms with Crippen molar-refractivity contribution in [1.29, 1.82) is 0 Å². The summed E-state index contributed by atoms with van der Waals surface area (Å²) in [6, 6.07) is 15.9. The summed E-state index contributed by atoms with van der Waals surface area (Å²) in [5.74, 6) is 0.282. The Bertz CT molecular complexity index is 1240. The van der Waals surface area contributed by atoms with Crippen LogP contribution in [-0.2, 0) is 14.8 Å². The lowest BCUT2D eigenvalue weighted by molar-refractivity contribution is -0.131. The van der Waals surface area contributed by atoms with Crippen LogP contribution in [0, 0.1) is 6.92 Å². The van der Waals surface area contributed by atoms with Crippen molar-refractivity contribution in [3.8, 4) is 0 Å². The number of carbonyl (C=O) groups excluding carboxylic acids is 1. The van der Waals surface area contributed by atoms with E-state index in [1.807, 2.05) is 43.0 Å². The number of nitrogens with zero attached hydrogens (tertiary/aromatic N) is 4. The molecule has 2 aromatic carbocycles. The molecule has 4 rings (SSSR count). The second-order valence-electron chi connectivity index (χ2n) is 8.24. The molecule has 0 bridgehead atoms. The van der Waals surface area contributed by atoms with Crippen molar-refractivity contribution in [2.45, 2.75) is 24.8 Å². The minimum atomic E-state index is -3.74. The average Bonchev–Trinajstić information content (AvgIpc) is 2.84. The number of hydrogen-bond donors (Lipinski definition) is 3. The average molecular weight is 502 g/mol. The van der Waals surface area contributed by atoms with E-state index in [-0.39, 0.29) is 31.7 Å². The SMILES string of the molecule is Cc1cccc(NC(C)C(=O)N2CCN(c3ccc(S(=O)(=O)Nc4ccncn4)cc3)CC2)c1.N.[HH].[HH]. The van der Waals surface area contributed by atoms with Gasteiger partial charge in [-0.2, -0.15) is 0 Å². The molecule has 1 unspecified atom stereocenters. The summed E-state index contributed by atoms with van der Waals surface area (Å²) in [5, 5.41) is 3.28. The van der Waals surface area contributed by atoms with Crippen LogP contribution < -0.4 is 21.1 Å². The molecule has 1 aliphatic heterocycles. The lowest BCUT2D eigenvalue weighted by atomic mass is 10.2. The van der Waals surface area contributed by atoms with Gasteiger partial charge in [0.05, 0.1) is 4.90 Å². The van der Waals surface area contributed by atoms with Crippen LogP contribution in [0.3, 0.4) is 0 Å². The summed E-state index contributed by atoms with van der Waals surface area (Å²) < 4.78 is 27.6. The quantitative estimate of drug-likeness (QED) is 0.447. The Morgan fingerprint density at radius 2 is 1.77 bits per heavy atom. The molecule has 3 aromatic rings. The Kier molecular flexibility index (Phi) is 8.26. The number of piperazine rings is 1. The van der Waals surface area contributed by atoms with Gasteiger partial charge in [0.1, 0.15) is 18.2 Å². The smallest absolute Gasteiger partial charge is 0.263 e. The van der Waals surface area contributed by atoms with Crippen LogP contribution in [0.2, 0.25) is 0 Å². The Morgan fingerprint density at radius 3 is 2.40 bits per heavy atom. The minimum absolute atomic E-state index is 0. The standard InChI is InChI=1S/C24H28N6O3S.H3N.2H2/c1-18-4-3-5-20(16-18)27-19(2)24(31)30-14-12-29(13-15-30)21-6-8-22(9-7-21)34(32,33)28-23-10-11-25-17-26-23;;;/h3-11,16-17,19,27H,12-15H2,1-2H3,(H,25,26,28);1H3;2*1H. The first-order valence-electron chi connectivity index (χ1n) is 11.1. The van der Waals surface area contributed by atoms with Crippen molar-refractivity contribution in [3.05, 3.63) is 72.7 Å². The van der Waals surface area contributed by atoms with Crippen LogP contribution >= 0.6 is 0 Å². The molecule has 11 heteroatoms. The molecule has 0 radical (unpaired) electrons. The van der Waals surface area contributed by atoms with Crippen LogP contribution in [-0.4, -0.2) is 61.4 Å². The van der Waals surface area contributed by atoms with E-state index in [4.69, 9.17) is 0 Å². The first kappa shape index (κ1) is 25.9. The molecule has 1 fully saturated rings. The highest BCUT2D eigenvalue weighted by Gasteiger charge is 2.25. The van der Waals surface area contributed by atoms with Gasteiger partial charge < -0.3 is 21.3 Å². The first-order valence-corrected chi connectivity index (χ1v) is 12.6. The van der Waals surface area contributed by atoms with Gasteiger partial charge in [-0.1, -0.05) is 12.1 Å². The van der Waals surface area contributed by atoms with Gasteiger partial charge >= 0.3 is 0 Å². The highest BCUT2D eigenvalue weighted by Crippen LogP contribution is 2.21. The molecule has 2 heterocycles. The van der Waals surface area contributed by atoms with Gasteiger partial charge in [-0.15, -0.1) is 0 Å². The minimum Gasteiger partial charge on any atom is -0.374 e. The molecule has 1 aromatic heterocycles. The summed E-state index contributed by atoms with van der Waals surface area (Å²) in [6.07, 6.45) is 2.75. The van der Waals surface area contributed by atoms with E-state index in [1.165, 1.54) is 18.6 Å². The number of anilines is 3. The Hall–Kier alpha value is -3.70. The zero-order chi connectivity index (χ0) is 24.1. The van der Waals surface area contributed by atoms with Gasteiger partial charge in [-0.05, 0) is 61.9 Å². The van der Waals surface area contributed by atoms with Gasteiger partial charge in [-0.3, -0.25) is 9.52 Å². The second-order valence-corrected chi connectivity index (χ2v) is 9.92. The number of amides is 1. The third-order valence-corrected chi connectivity index (χ3v) is 7.07. The third-order valence-electron chi connectivity index (χ3n) is 5.70. The number of benzene rings is 2. The van der Waals surface area contributed by atoms with Crippen molar-refractivity contribution < 1.29 is 16.1 Å². The molecular formula is C24H35N7O3S. The fraction of sp³-hybridized carbons (Fsp3) is 0.292. The Morgan fingerprint density at radius 1 is 1.06 bits per heavy atom. The van der Waals surface area contributed by atoms with E-state index >= 15 is 0 Å². The molecular weight excluding hydrogens is 466 g/mol. The van der Waals surface area contributed by atoms with Crippen LogP contribution in [0.1, 0.15) is 15.3 Å². The molecule has 1 atom stereocenters. The summed E-state index contributed by atoms with van der Waals surface area (Å²) in [6.45, 7) is 6.46. The van der Waals surface area contributed by atoms with E-state index in [9.17, 15) is 13.2 Å². The molecule has 1 amide bonds. The van der Waals surface area contributed by atoms with E-state index in [0.717, 1.165) is 16.9 Å². The maximum absolute atomic E-state index is 12.9. The number of hydrogen-bond acceptors (Lipinski definition) is 8. The predicted molar refractivity (Wildman–Crippen MR) is 142 cm³/mol. The number of sulfonamides is 1. The number of nitrogens with one attached hydrogen (secondary N) is 2. The fourth-order valence-electron chi connectivity index (χ4n) is 3.89. The number of aryl methyl sites for hydroxylation is 1. The van der Waals surface area contributed by atoms with Gasteiger partial charge in [0, 0.05) is 46.6 Å². The summed E-state index contributed by atoms with van der Waals surface area (Å²) in [7, 11) is -3.74. The van der Waals surface area contributed by atoms with Gasteiger partial charge in [0.25, 0.3) is 10.0 Å². The first-order chi connectivity index (χ1) is 16.3. The fourth-order valence-corrected chi connectivity index (χ4v) is 4.90. The molecule has 35 heavy (non-hydrogen) atoms. The van der Waals surface area contributed by atoms with Gasteiger partial charge in [0.15, 0.2) is 0 Å². The predicted octanol–water partition coefficient (Wildman–Crippen LogP) is 3.39. The maximum Gasteiger partial charge on any atom is 0.263 e. The Balaban J connectivity index is 0.00000228.